The molecule has 0 heterocycles. The fraction of sp³-hybridized carbons (Fsp3) is 0.0800. The van der Waals surface area contributed by atoms with Gasteiger partial charge in [-0.1, -0.05) is 133 Å². The van der Waals surface area contributed by atoms with E-state index in [9.17, 15) is 0 Å². The summed E-state index contributed by atoms with van der Waals surface area (Å²) in [5, 5.41) is 7.69. The van der Waals surface area contributed by atoms with Crippen molar-refractivity contribution in [3.05, 3.63) is 193 Å². The zero-order valence-electron chi connectivity index (χ0n) is 29.1. The predicted octanol–water partition coefficient (Wildman–Crippen LogP) is 14.3. The largest absolute Gasteiger partial charge is 0.310 e. The minimum absolute atomic E-state index is 1.08. The van der Waals surface area contributed by atoms with Crippen LogP contribution in [0.2, 0.25) is 0 Å². The molecule has 244 valence electrons. The molecule has 0 spiro atoms. The lowest BCUT2D eigenvalue weighted by molar-refractivity contribution is 1.05. The van der Waals surface area contributed by atoms with Gasteiger partial charge in [-0.05, 0) is 146 Å². The van der Waals surface area contributed by atoms with Crippen molar-refractivity contribution in [1.82, 2.24) is 0 Å². The quantitative estimate of drug-likeness (QED) is 0.161. The number of rotatable bonds is 6. The monoisotopic (exact) mass is 653 g/mol. The first-order valence-electron chi connectivity index (χ1n) is 18.0. The van der Waals surface area contributed by atoms with E-state index in [0.29, 0.717) is 0 Å². The van der Waals surface area contributed by atoms with Gasteiger partial charge >= 0.3 is 0 Å². The molecule has 0 bridgehead atoms. The smallest absolute Gasteiger partial charge is 0.0468 e. The second-order valence-electron chi connectivity index (χ2n) is 13.8. The van der Waals surface area contributed by atoms with Crippen LogP contribution in [-0.2, 0) is 0 Å². The van der Waals surface area contributed by atoms with E-state index in [2.05, 4.69) is 195 Å². The van der Waals surface area contributed by atoms with Crippen molar-refractivity contribution in [3.63, 3.8) is 0 Å². The van der Waals surface area contributed by atoms with Gasteiger partial charge in [-0.3, -0.25) is 0 Å². The van der Waals surface area contributed by atoms with Gasteiger partial charge < -0.3 is 4.90 Å². The van der Waals surface area contributed by atoms with Gasteiger partial charge in [0.15, 0.2) is 0 Å². The van der Waals surface area contributed by atoms with E-state index in [1.807, 2.05) is 0 Å². The molecule has 1 nitrogen and oxygen atoms in total. The normalized spacial score (nSPS) is 12.8. The predicted molar refractivity (Wildman–Crippen MR) is 220 cm³/mol. The minimum atomic E-state index is 1.08. The first-order valence-corrected chi connectivity index (χ1v) is 18.0. The summed E-state index contributed by atoms with van der Waals surface area (Å²) in [6.07, 6.45) is 8.86. The number of hydrogen-bond acceptors (Lipinski definition) is 1. The molecule has 1 aliphatic rings. The number of anilines is 3. The Labute approximate surface area is 300 Å². The highest BCUT2D eigenvalue weighted by molar-refractivity contribution is 6.25. The van der Waals surface area contributed by atoms with Crippen molar-refractivity contribution in [3.8, 4) is 22.3 Å². The van der Waals surface area contributed by atoms with Crippen molar-refractivity contribution in [2.45, 2.75) is 26.7 Å². The standard InChI is InChI=1S/C50H39N/c1-34-12-6-7-15-43(34)49-32-39(21-20-35(49)2)38-24-28-41(29-25-38)51(40-26-22-37(23-27-40)36-13-4-3-5-14-36)42-30-31-48-46-18-9-8-16-44(46)45-17-10-11-19-47(45)50(48)33-42/h3-4,6-13,15-33H,5,14H2,1-2H3. The maximum absolute atomic E-state index is 2.40. The SMILES string of the molecule is Cc1ccccc1-c1cc(-c2ccc(N(c3ccc(C4=CC=CCC4)cc3)c3ccc4c5ccccc5c5ccccc5c4c3)cc2)ccc1C. The Morgan fingerprint density at radius 3 is 1.57 bits per heavy atom. The molecule has 0 aromatic heterocycles. The number of fused-ring (bicyclic) bond motifs is 6. The molecule has 0 saturated carbocycles. The van der Waals surface area contributed by atoms with E-state index in [1.165, 1.54) is 76.8 Å². The zero-order chi connectivity index (χ0) is 34.3. The highest BCUT2D eigenvalue weighted by Gasteiger charge is 2.17. The lowest BCUT2D eigenvalue weighted by Crippen LogP contribution is -2.10. The van der Waals surface area contributed by atoms with Gasteiger partial charge in [0.1, 0.15) is 0 Å². The van der Waals surface area contributed by atoms with E-state index >= 15 is 0 Å². The molecule has 0 aliphatic heterocycles. The van der Waals surface area contributed by atoms with Crippen LogP contribution in [0.3, 0.4) is 0 Å². The Morgan fingerprint density at radius 1 is 0.412 bits per heavy atom. The van der Waals surface area contributed by atoms with Crippen molar-refractivity contribution in [2.75, 3.05) is 4.90 Å². The summed E-state index contributed by atoms with van der Waals surface area (Å²) in [6.45, 7) is 4.40. The molecule has 0 radical (unpaired) electrons. The topological polar surface area (TPSA) is 3.24 Å². The zero-order valence-corrected chi connectivity index (χ0v) is 29.1. The fourth-order valence-electron chi connectivity index (χ4n) is 7.92. The summed E-state index contributed by atoms with van der Waals surface area (Å²) < 4.78 is 0. The average Bonchev–Trinajstić information content (AvgIpc) is 3.19. The van der Waals surface area contributed by atoms with Crippen LogP contribution in [0, 0.1) is 13.8 Å². The van der Waals surface area contributed by atoms with Crippen molar-refractivity contribution in [1.29, 1.82) is 0 Å². The van der Waals surface area contributed by atoms with Gasteiger partial charge in [-0.2, -0.15) is 0 Å². The summed E-state index contributed by atoms with van der Waals surface area (Å²) in [5.41, 5.74) is 13.7. The lowest BCUT2D eigenvalue weighted by atomic mass is 9.93. The first-order chi connectivity index (χ1) is 25.1. The number of aryl methyl sites for hydroxylation is 2. The molecular formula is C50H39N. The van der Waals surface area contributed by atoms with Gasteiger partial charge in [0.05, 0.1) is 0 Å². The van der Waals surface area contributed by atoms with Crippen molar-refractivity contribution >= 4 is 55.0 Å². The van der Waals surface area contributed by atoms with Crippen LogP contribution in [0.25, 0.3) is 60.1 Å². The second-order valence-corrected chi connectivity index (χ2v) is 13.8. The summed E-state index contributed by atoms with van der Waals surface area (Å²) in [6, 6.07) is 58.3. The molecule has 0 N–H and O–H groups in total. The molecule has 0 amide bonds. The van der Waals surface area contributed by atoms with E-state index in [0.717, 1.165) is 29.9 Å². The third kappa shape index (κ3) is 5.62. The van der Waals surface area contributed by atoms with Gasteiger partial charge in [-0.15, -0.1) is 0 Å². The Morgan fingerprint density at radius 2 is 0.941 bits per heavy atom. The van der Waals surface area contributed by atoms with E-state index in [1.54, 1.807) is 0 Å². The third-order valence-corrected chi connectivity index (χ3v) is 10.6. The Hall–Kier alpha value is -6.18. The molecule has 8 aromatic carbocycles. The number of benzene rings is 8. The minimum Gasteiger partial charge on any atom is -0.310 e. The number of hydrogen-bond donors (Lipinski definition) is 0. The van der Waals surface area contributed by atoms with Crippen LogP contribution >= 0.6 is 0 Å². The molecule has 1 aliphatic carbocycles. The molecule has 0 unspecified atom stereocenters. The molecular weight excluding hydrogens is 615 g/mol. The van der Waals surface area contributed by atoms with E-state index in [-0.39, 0.29) is 0 Å². The highest BCUT2D eigenvalue weighted by Crippen LogP contribution is 2.42. The summed E-state index contributed by atoms with van der Waals surface area (Å²) in [4.78, 5) is 2.40. The van der Waals surface area contributed by atoms with Crippen LogP contribution in [0.5, 0.6) is 0 Å². The Kier molecular flexibility index (Phi) is 7.82. The van der Waals surface area contributed by atoms with E-state index < -0.39 is 0 Å². The molecule has 8 aromatic rings. The van der Waals surface area contributed by atoms with Crippen molar-refractivity contribution in [2.24, 2.45) is 0 Å². The first kappa shape index (κ1) is 30.8. The maximum Gasteiger partial charge on any atom is 0.0468 e. The molecule has 1 heteroatoms. The third-order valence-electron chi connectivity index (χ3n) is 10.6. The number of allylic oxidation sites excluding steroid dienone is 4. The Balaban J connectivity index is 1.17. The van der Waals surface area contributed by atoms with Gasteiger partial charge in [0, 0.05) is 17.1 Å². The van der Waals surface area contributed by atoms with E-state index in [4.69, 9.17) is 0 Å². The van der Waals surface area contributed by atoms with Crippen LogP contribution in [0.4, 0.5) is 17.1 Å². The van der Waals surface area contributed by atoms with Crippen LogP contribution in [-0.4, -0.2) is 0 Å². The fourth-order valence-corrected chi connectivity index (χ4v) is 7.92. The molecule has 0 atom stereocenters. The van der Waals surface area contributed by atoms with Gasteiger partial charge in [-0.25, -0.2) is 0 Å². The summed E-state index contributed by atoms with van der Waals surface area (Å²) in [7, 11) is 0. The molecule has 0 saturated heterocycles. The van der Waals surface area contributed by atoms with Gasteiger partial charge in [0.2, 0.25) is 0 Å². The molecule has 51 heavy (non-hydrogen) atoms. The molecule has 9 rings (SSSR count). The Bertz CT molecular complexity index is 2600. The van der Waals surface area contributed by atoms with Gasteiger partial charge in [0.25, 0.3) is 0 Å². The molecule has 0 fully saturated rings. The van der Waals surface area contributed by atoms with Crippen LogP contribution < -0.4 is 4.90 Å². The maximum atomic E-state index is 2.40. The number of nitrogens with zero attached hydrogens (tertiary/aromatic N) is 1. The lowest BCUT2D eigenvalue weighted by Gasteiger charge is -2.27. The van der Waals surface area contributed by atoms with Crippen LogP contribution in [0.1, 0.15) is 29.5 Å². The average molecular weight is 654 g/mol. The summed E-state index contributed by atoms with van der Waals surface area (Å²) in [5.74, 6) is 0. The van der Waals surface area contributed by atoms with Crippen LogP contribution in [0.15, 0.2) is 176 Å². The summed E-state index contributed by atoms with van der Waals surface area (Å²) >= 11 is 0. The highest BCUT2D eigenvalue weighted by atomic mass is 15.1. The second kappa shape index (κ2) is 12.9. The van der Waals surface area contributed by atoms with Crippen molar-refractivity contribution < 1.29 is 0 Å².